The summed E-state index contributed by atoms with van der Waals surface area (Å²) in [6.45, 7) is 0.240. The third kappa shape index (κ3) is 7.22. The molecular formula is C18H29F2IN4O. The minimum absolute atomic E-state index is 0. The predicted octanol–water partition coefficient (Wildman–Crippen LogP) is 3.22. The second-order valence-electron chi connectivity index (χ2n) is 6.66. The second kappa shape index (κ2) is 10.9. The Kier molecular flexibility index (Phi) is 9.56. The normalized spacial score (nSPS) is 15.6. The molecule has 0 aliphatic heterocycles. The lowest BCUT2D eigenvalue weighted by molar-refractivity contribution is -0.0504. The summed E-state index contributed by atoms with van der Waals surface area (Å²) >= 11 is 0. The fourth-order valence-electron chi connectivity index (χ4n) is 2.91. The molecule has 0 saturated heterocycles. The van der Waals surface area contributed by atoms with E-state index in [1.54, 1.807) is 19.2 Å². The summed E-state index contributed by atoms with van der Waals surface area (Å²) < 4.78 is 29.7. The number of aryl methyl sites for hydroxylation is 1. The number of ether oxygens (including phenoxy) is 1. The number of nitrogens with zero attached hydrogens (tertiary/aromatic N) is 2. The Morgan fingerprint density at radius 3 is 2.54 bits per heavy atom. The van der Waals surface area contributed by atoms with Crippen LogP contribution in [-0.2, 0) is 6.54 Å². The molecule has 8 heteroatoms. The number of benzene rings is 1. The molecule has 0 heterocycles. The van der Waals surface area contributed by atoms with E-state index >= 15 is 0 Å². The van der Waals surface area contributed by atoms with E-state index in [0.29, 0.717) is 24.1 Å². The van der Waals surface area contributed by atoms with E-state index in [1.165, 1.54) is 12.8 Å². The van der Waals surface area contributed by atoms with Crippen molar-refractivity contribution in [3.8, 4) is 5.75 Å². The van der Waals surface area contributed by atoms with E-state index in [1.807, 2.05) is 13.0 Å². The van der Waals surface area contributed by atoms with Crippen molar-refractivity contribution >= 4 is 29.9 Å². The quantitative estimate of drug-likeness (QED) is 0.340. The van der Waals surface area contributed by atoms with Crippen LogP contribution in [0.15, 0.2) is 23.2 Å². The van der Waals surface area contributed by atoms with Gasteiger partial charge in [-0.1, -0.05) is 17.7 Å². The number of hydrogen-bond acceptors (Lipinski definition) is 3. The van der Waals surface area contributed by atoms with Crippen LogP contribution in [0, 0.1) is 12.8 Å². The number of alkyl halides is 2. The van der Waals surface area contributed by atoms with Crippen molar-refractivity contribution in [1.29, 1.82) is 0 Å². The molecule has 1 fully saturated rings. The molecule has 1 aromatic rings. The van der Waals surface area contributed by atoms with Crippen LogP contribution in [0.1, 0.15) is 24.0 Å². The molecule has 148 valence electrons. The van der Waals surface area contributed by atoms with Gasteiger partial charge < -0.3 is 20.3 Å². The minimum Gasteiger partial charge on any atom is -0.434 e. The van der Waals surface area contributed by atoms with Gasteiger partial charge in [-0.3, -0.25) is 4.99 Å². The maximum Gasteiger partial charge on any atom is 0.387 e. The Morgan fingerprint density at radius 2 is 2.00 bits per heavy atom. The third-order valence-corrected chi connectivity index (χ3v) is 4.41. The molecule has 0 spiro atoms. The van der Waals surface area contributed by atoms with Crippen LogP contribution in [0.3, 0.4) is 0 Å². The lowest BCUT2D eigenvalue weighted by Crippen LogP contribution is -2.45. The maximum absolute atomic E-state index is 12.5. The Labute approximate surface area is 171 Å². The molecule has 1 saturated carbocycles. The highest BCUT2D eigenvalue weighted by molar-refractivity contribution is 14.0. The molecule has 1 aliphatic carbocycles. The molecular weight excluding hydrogens is 453 g/mol. The summed E-state index contributed by atoms with van der Waals surface area (Å²) in [5.74, 6) is 1.58. The smallest absolute Gasteiger partial charge is 0.387 e. The number of rotatable bonds is 8. The molecule has 1 aliphatic rings. The molecule has 0 aromatic heterocycles. The van der Waals surface area contributed by atoms with E-state index in [4.69, 9.17) is 0 Å². The Hall–Kier alpha value is -1.16. The molecule has 5 nitrogen and oxygen atoms in total. The van der Waals surface area contributed by atoms with Gasteiger partial charge in [0.15, 0.2) is 5.96 Å². The van der Waals surface area contributed by atoms with Crippen molar-refractivity contribution in [2.24, 2.45) is 10.9 Å². The number of aliphatic imine (C=N–C) groups is 1. The summed E-state index contributed by atoms with van der Waals surface area (Å²) in [5.41, 5.74) is 1.66. The molecule has 26 heavy (non-hydrogen) atoms. The molecule has 0 amide bonds. The summed E-state index contributed by atoms with van der Waals surface area (Å²) in [6.07, 6.45) is 2.54. The van der Waals surface area contributed by atoms with Crippen LogP contribution >= 0.6 is 24.0 Å². The highest BCUT2D eigenvalue weighted by atomic mass is 127. The van der Waals surface area contributed by atoms with Crippen LogP contribution in [0.4, 0.5) is 8.78 Å². The Balaban J connectivity index is 0.00000338. The molecule has 1 atom stereocenters. The van der Waals surface area contributed by atoms with Crippen LogP contribution in [-0.4, -0.2) is 51.2 Å². The topological polar surface area (TPSA) is 48.9 Å². The minimum atomic E-state index is -2.83. The van der Waals surface area contributed by atoms with Crippen LogP contribution < -0.4 is 15.4 Å². The molecule has 1 aromatic carbocycles. The lowest BCUT2D eigenvalue weighted by Gasteiger charge is -2.25. The van der Waals surface area contributed by atoms with Crippen molar-refractivity contribution in [2.75, 3.05) is 27.7 Å². The van der Waals surface area contributed by atoms with Crippen molar-refractivity contribution < 1.29 is 13.5 Å². The summed E-state index contributed by atoms with van der Waals surface area (Å²) in [4.78, 5) is 6.44. The van der Waals surface area contributed by atoms with Crippen LogP contribution in [0.25, 0.3) is 0 Å². The first kappa shape index (κ1) is 22.9. The first-order chi connectivity index (χ1) is 11.9. The zero-order chi connectivity index (χ0) is 18.4. The molecule has 2 rings (SSSR count). The van der Waals surface area contributed by atoms with Crippen molar-refractivity contribution in [2.45, 2.75) is 39.0 Å². The number of hydrogen-bond donors (Lipinski definition) is 2. The average molecular weight is 482 g/mol. The largest absolute Gasteiger partial charge is 0.434 e. The van der Waals surface area contributed by atoms with Gasteiger partial charge in [-0.25, -0.2) is 0 Å². The first-order valence-electron chi connectivity index (χ1n) is 8.56. The van der Waals surface area contributed by atoms with Gasteiger partial charge in [0.05, 0.1) is 0 Å². The highest BCUT2D eigenvalue weighted by Gasteiger charge is 2.32. The Bertz CT molecular complexity index is 593. The van der Waals surface area contributed by atoms with Gasteiger partial charge in [0, 0.05) is 31.7 Å². The van der Waals surface area contributed by atoms with Gasteiger partial charge in [0.1, 0.15) is 5.75 Å². The van der Waals surface area contributed by atoms with Crippen molar-refractivity contribution in [3.05, 3.63) is 29.3 Å². The zero-order valence-electron chi connectivity index (χ0n) is 15.8. The summed E-state index contributed by atoms with van der Waals surface area (Å²) in [5, 5.41) is 6.50. The SMILES string of the molecule is CN=C(NCc1cc(C)ccc1OC(F)F)NCC(C1CC1)N(C)C.I. The number of guanidine groups is 1. The van der Waals surface area contributed by atoms with Gasteiger partial charge in [0.25, 0.3) is 0 Å². The van der Waals surface area contributed by atoms with Crippen molar-refractivity contribution in [1.82, 2.24) is 15.5 Å². The van der Waals surface area contributed by atoms with Gasteiger partial charge in [-0.15, -0.1) is 24.0 Å². The van der Waals surface area contributed by atoms with Gasteiger partial charge in [-0.2, -0.15) is 8.78 Å². The number of halogens is 3. The first-order valence-corrected chi connectivity index (χ1v) is 8.56. The lowest BCUT2D eigenvalue weighted by atomic mass is 10.1. The van der Waals surface area contributed by atoms with Crippen LogP contribution in [0.2, 0.25) is 0 Å². The zero-order valence-corrected chi connectivity index (χ0v) is 18.1. The standard InChI is InChI=1S/C18H28F2N4O.HI/c1-12-5-8-16(25-17(19)20)14(9-12)10-22-18(21-2)23-11-15(24(3)4)13-6-7-13;/h5,8-9,13,15,17H,6-7,10-11H2,1-4H3,(H2,21,22,23);1H. The van der Waals surface area contributed by atoms with E-state index < -0.39 is 6.61 Å². The van der Waals surface area contributed by atoms with Crippen LogP contribution in [0.5, 0.6) is 5.75 Å². The number of likely N-dealkylation sites (N-methyl/N-ethyl adjacent to an activating group) is 1. The predicted molar refractivity (Wildman–Crippen MR) is 112 cm³/mol. The molecule has 0 bridgehead atoms. The number of nitrogens with one attached hydrogen (secondary N) is 2. The molecule has 1 unspecified atom stereocenters. The average Bonchev–Trinajstić information content (AvgIpc) is 3.37. The molecule has 2 N–H and O–H groups in total. The van der Waals surface area contributed by atoms with E-state index in [9.17, 15) is 8.78 Å². The maximum atomic E-state index is 12.5. The monoisotopic (exact) mass is 482 g/mol. The fourth-order valence-corrected chi connectivity index (χ4v) is 2.91. The Morgan fingerprint density at radius 1 is 1.31 bits per heavy atom. The van der Waals surface area contributed by atoms with Gasteiger partial charge in [0.2, 0.25) is 0 Å². The second-order valence-corrected chi connectivity index (χ2v) is 6.66. The van der Waals surface area contributed by atoms with E-state index in [0.717, 1.165) is 18.0 Å². The third-order valence-electron chi connectivity index (χ3n) is 4.41. The van der Waals surface area contributed by atoms with E-state index in [2.05, 4.69) is 39.4 Å². The summed E-state index contributed by atoms with van der Waals surface area (Å²) in [6, 6.07) is 5.63. The van der Waals surface area contributed by atoms with E-state index in [-0.39, 0.29) is 29.7 Å². The van der Waals surface area contributed by atoms with Gasteiger partial charge in [-0.05, 0) is 45.8 Å². The highest BCUT2D eigenvalue weighted by Crippen LogP contribution is 2.34. The van der Waals surface area contributed by atoms with Crippen molar-refractivity contribution in [3.63, 3.8) is 0 Å². The molecule has 0 radical (unpaired) electrons. The summed E-state index contributed by atoms with van der Waals surface area (Å²) in [7, 11) is 5.87. The van der Waals surface area contributed by atoms with Gasteiger partial charge >= 0.3 is 6.61 Å². The fraction of sp³-hybridized carbons (Fsp3) is 0.611.